The van der Waals surface area contributed by atoms with Gasteiger partial charge in [0.1, 0.15) is 0 Å². The van der Waals surface area contributed by atoms with Crippen LogP contribution in [0.1, 0.15) is 12.0 Å². The Morgan fingerprint density at radius 2 is 2.00 bits per heavy atom. The molecule has 1 atom stereocenters. The van der Waals surface area contributed by atoms with Crippen LogP contribution in [0.2, 0.25) is 0 Å². The maximum absolute atomic E-state index is 9.08. The number of benzene rings is 1. The van der Waals surface area contributed by atoms with Crippen molar-refractivity contribution in [2.24, 2.45) is 0 Å². The fourth-order valence-electron chi connectivity index (χ4n) is 1.04. The lowest BCUT2D eigenvalue weighted by Gasteiger charge is -2.03. The molecule has 0 saturated carbocycles. The van der Waals surface area contributed by atoms with E-state index in [4.69, 9.17) is 10.5 Å². The first-order chi connectivity index (χ1) is 5.83. The highest BCUT2D eigenvalue weighted by Crippen LogP contribution is 2.03. The van der Waals surface area contributed by atoms with Gasteiger partial charge < -0.3 is 10.5 Å². The number of aryl methyl sites for hydroxylation is 1. The van der Waals surface area contributed by atoms with Crippen molar-refractivity contribution >= 4 is 6.21 Å². The minimum atomic E-state index is -0.592. The molecule has 0 aliphatic heterocycles. The molecule has 2 N–H and O–H groups in total. The van der Waals surface area contributed by atoms with Gasteiger partial charge in [-0.2, -0.15) is 0 Å². The first kappa shape index (κ1) is 8.94. The van der Waals surface area contributed by atoms with E-state index in [-0.39, 0.29) is 0 Å². The number of hydrogen-bond acceptors (Lipinski definition) is 2. The Morgan fingerprint density at radius 3 is 2.58 bits per heavy atom. The predicted octanol–water partition coefficient (Wildman–Crippen LogP) is 1.63. The van der Waals surface area contributed by atoms with E-state index in [1.807, 2.05) is 30.3 Å². The SMILES string of the molecule is N=C[C@@H](O)CCc1ccccc1. The molecular weight excluding hydrogens is 150 g/mol. The molecule has 2 nitrogen and oxygen atoms in total. The van der Waals surface area contributed by atoms with Crippen LogP contribution in [0.15, 0.2) is 30.3 Å². The molecular formula is C10H13NO. The first-order valence-corrected chi connectivity index (χ1v) is 4.05. The van der Waals surface area contributed by atoms with E-state index in [1.165, 1.54) is 5.56 Å². The van der Waals surface area contributed by atoms with Crippen molar-refractivity contribution in [2.45, 2.75) is 18.9 Å². The number of nitrogens with one attached hydrogen (secondary N) is 1. The largest absolute Gasteiger partial charge is 0.387 e. The minimum absolute atomic E-state index is 0.592. The topological polar surface area (TPSA) is 44.1 Å². The smallest absolute Gasteiger partial charge is 0.0887 e. The number of hydrogen-bond donors (Lipinski definition) is 2. The van der Waals surface area contributed by atoms with Gasteiger partial charge in [-0.3, -0.25) is 0 Å². The van der Waals surface area contributed by atoms with E-state index in [0.29, 0.717) is 6.42 Å². The molecule has 0 fully saturated rings. The fraction of sp³-hybridized carbons (Fsp3) is 0.300. The summed E-state index contributed by atoms with van der Waals surface area (Å²) in [6.45, 7) is 0. The third-order valence-corrected chi connectivity index (χ3v) is 1.76. The normalized spacial score (nSPS) is 12.4. The molecule has 0 aromatic heterocycles. The molecule has 0 aliphatic carbocycles. The zero-order chi connectivity index (χ0) is 8.81. The van der Waals surface area contributed by atoms with E-state index in [0.717, 1.165) is 12.6 Å². The maximum atomic E-state index is 9.08. The van der Waals surface area contributed by atoms with Gasteiger partial charge in [0.15, 0.2) is 0 Å². The Balaban J connectivity index is 2.38. The third-order valence-electron chi connectivity index (χ3n) is 1.76. The van der Waals surface area contributed by atoms with Crippen molar-refractivity contribution in [1.29, 1.82) is 5.41 Å². The molecule has 0 unspecified atom stereocenters. The molecule has 0 saturated heterocycles. The molecule has 64 valence electrons. The van der Waals surface area contributed by atoms with Crippen molar-refractivity contribution in [3.63, 3.8) is 0 Å². The summed E-state index contributed by atoms with van der Waals surface area (Å²) in [5.74, 6) is 0. The van der Waals surface area contributed by atoms with Crippen molar-refractivity contribution in [3.05, 3.63) is 35.9 Å². The summed E-state index contributed by atoms with van der Waals surface area (Å²) in [5, 5.41) is 15.9. The van der Waals surface area contributed by atoms with Gasteiger partial charge in [-0.05, 0) is 18.4 Å². The van der Waals surface area contributed by atoms with Gasteiger partial charge in [-0.1, -0.05) is 30.3 Å². The van der Waals surface area contributed by atoms with Crippen LogP contribution in [-0.4, -0.2) is 17.4 Å². The molecule has 12 heavy (non-hydrogen) atoms. The standard InChI is InChI=1S/C10H13NO/c11-8-10(12)7-6-9-4-2-1-3-5-9/h1-5,8,10-12H,6-7H2/t10-/m0/s1. The van der Waals surface area contributed by atoms with Crippen molar-refractivity contribution < 1.29 is 5.11 Å². The summed E-state index contributed by atoms with van der Waals surface area (Å²) in [6, 6.07) is 9.97. The average molecular weight is 163 g/mol. The average Bonchev–Trinajstić information content (AvgIpc) is 2.16. The Bertz CT molecular complexity index is 233. The van der Waals surface area contributed by atoms with Gasteiger partial charge in [-0.15, -0.1) is 0 Å². The van der Waals surface area contributed by atoms with Crippen LogP contribution in [0.4, 0.5) is 0 Å². The van der Waals surface area contributed by atoms with Gasteiger partial charge in [0.05, 0.1) is 6.10 Å². The highest BCUT2D eigenvalue weighted by atomic mass is 16.3. The van der Waals surface area contributed by atoms with E-state index in [9.17, 15) is 0 Å². The summed E-state index contributed by atoms with van der Waals surface area (Å²) in [5.41, 5.74) is 1.21. The van der Waals surface area contributed by atoms with Crippen LogP contribution >= 0.6 is 0 Å². The quantitative estimate of drug-likeness (QED) is 0.651. The van der Waals surface area contributed by atoms with Crippen LogP contribution in [0, 0.1) is 5.41 Å². The van der Waals surface area contributed by atoms with Gasteiger partial charge in [0.25, 0.3) is 0 Å². The molecule has 1 aromatic rings. The van der Waals surface area contributed by atoms with Gasteiger partial charge in [0.2, 0.25) is 0 Å². The van der Waals surface area contributed by atoms with Crippen molar-refractivity contribution in [3.8, 4) is 0 Å². The fourth-order valence-corrected chi connectivity index (χ4v) is 1.04. The number of aliphatic hydroxyl groups is 1. The Morgan fingerprint density at radius 1 is 1.33 bits per heavy atom. The lowest BCUT2D eigenvalue weighted by molar-refractivity contribution is 0.235. The Kier molecular flexibility index (Phi) is 3.48. The summed E-state index contributed by atoms with van der Waals surface area (Å²) >= 11 is 0. The Labute approximate surface area is 72.4 Å². The predicted molar refractivity (Wildman–Crippen MR) is 49.6 cm³/mol. The first-order valence-electron chi connectivity index (χ1n) is 4.05. The van der Waals surface area contributed by atoms with Crippen molar-refractivity contribution in [1.82, 2.24) is 0 Å². The van der Waals surface area contributed by atoms with E-state index >= 15 is 0 Å². The van der Waals surface area contributed by atoms with Crippen LogP contribution in [0.25, 0.3) is 0 Å². The Hall–Kier alpha value is -1.15. The van der Waals surface area contributed by atoms with Crippen molar-refractivity contribution in [2.75, 3.05) is 0 Å². The lowest BCUT2D eigenvalue weighted by atomic mass is 10.1. The van der Waals surface area contributed by atoms with E-state index in [1.54, 1.807) is 0 Å². The second kappa shape index (κ2) is 4.67. The van der Waals surface area contributed by atoms with Crippen LogP contribution in [-0.2, 0) is 6.42 Å². The minimum Gasteiger partial charge on any atom is -0.387 e. The highest BCUT2D eigenvalue weighted by Gasteiger charge is 1.98. The van der Waals surface area contributed by atoms with Gasteiger partial charge in [-0.25, -0.2) is 0 Å². The van der Waals surface area contributed by atoms with Gasteiger partial charge >= 0.3 is 0 Å². The van der Waals surface area contributed by atoms with Crippen LogP contribution in [0.5, 0.6) is 0 Å². The van der Waals surface area contributed by atoms with E-state index in [2.05, 4.69) is 0 Å². The summed E-state index contributed by atoms with van der Waals surface area (Å²) < 4.78 is 0. The second-order valence-electron chi connectivity index (χ2n) is 2.76. The molecule has 1 aromatic carbocycles. The summed E-state index contributed by atoms with van der Waals surface area (Å²) in [4.78, 5) is 0. The lowest BCUT2D eigenvalue weighted by Crippen LogP contribution is -2.08. The van der Waals surface area contributed by atoms with Crippen LogP contribution in [0.3, 0.4) is 0 Å². The molecule has 1 rings (SSSR count). The molecule has 0 amide bonds. The number of aliphatic hydroxyl groups excluding tert-OH is 1. The van der Waals surface area contributed by atoms with Gasteiger partial charge in [0, 0.05) is 6.21 Å². The maximum Gasteiger partial charge on any atom is 0.0887 e. The molecule has 0 bridgehead atoms. The zero-order valence-electron chi connectivity index (χ0n) is 6.90. The molecule has 0 radical (unpaired) electrons. The zero-order valence-corrected chi connectivity index (χ0v) is 6.90. The monoisotopic (exact) mass is 163 g/mol. The molecule has 2 heteroatoms. The molecule has 0 heterocycles. The highest BCUT2D eigenvalue weighted by molar-refractivity contribution is 5.58. The van der Waals surface area contributed by atoms with E-state index < -0.39 is 6.10 Å². The summed E-state index contributed by atoms with van der Waals surface area (Å²) in [6.07, 6.45) is 1.94. The number of rotatable bonds is 4. The summed E-state index contributed by atoms with van der Waals surface area (Å²) in [7, 11) is 0. The third kappa shape index (κ3) is 2.84. The van der Waals surface area contributed by atoms with Crippen LogP contribution < -0.4 is 0 Å². The molecule has 0 spiro atoms. The molecule has 0 aliphatic rings. The second-order valence-corrected chi connectivity index (χ2v) is 2.76.